The van der Waals surface area contributed by atoms with Gasteiger partial charge in [-0.15, -0.1) is 0 Å². The second-order valence-corrected chi connectivity index (χ2v) is 10.2. The van der Waals surface area contributed by atoms with E-state index in [4.69, 9.17) is 4.74 Å². The molecule has 0 radical (unpaired) electrons. The first-order chi connectivity index (χ1) is 15.7. The summed E-state index contributed by atoms with van der Waals surface area (Å²) in [6.07, 6.45) is 2.69. The van der Waals surface area contributed by atoms with Crippen LogP contribution in [0.1, 0.15) is 71.9 Å². The Hall–Kier alpha value is -2.33. The van der Waals surface area contributed by atoms with Crippen molar-refractivity contribution in [3.05, 3.63) is 65.7 Å². The van der Waals surface area contributed by atoms with Crippen molar-refractivity contribution in [2.75, 3.05) is 19.6 Å². The van der Waals surface area contributed by atoms with Crippen molar-refractivity contribution < 1.29 is 9.53 Å². The van der Waals surface area contributed by atoms with E-state index < -0.39 is 0 Å². The summed E-state index contributed by atoms with van der Waals surface area (Å²) in [6, 6.07) is 18.6. The molecule has 0 saturated heterocycles. The van der Waals surface area contributed by atoms with Gasteiger partial charge in [0.05, 0.1) is 0 Å². The third kappa shape index (κ3) is 10.00. The van der Waals surface area contributed by atoms with Crippen molar-refractivity contribution in [1.82, 2.24) is 9.80 Å². The van der Waals surface area contributed by atoms with E-state index in [1.165, 1.54) is 0 Å². The molecule has 0 aliphatic carbocycles. The van der Waals surface area contributed by atoms with Crippen LogP contribution in [0.2, 0.25) is 0 Å². The maximum atomic E-state index is 13.2. The maximum Gasteiger partial charge on any atom is 0.223 e. The molecule has 4 heteroatoms. The minimum absolute atomic E-state index is 0.0224. The first-order valence-electron chi connectivity index (χ1n) is 12.5. The van der Waals surface area contributed by atoms with Gasteiger partial charge in [0.15, 0.2) is 0 Å². The lowest BCUT2D eigenvalue weighted by molar-refractivity contribution is -0.136. The minimum Gasteiger partial charge on any atom is -0.489 e. The Morgan fingerprint density at radius 1 is 0.939 bits per heavy atom. The molecule has 0 heterocycles. The number of amides is 1. The van der Waals surface area contributed by atoms with Crippen LogP contribution >= 0.6 is 0 Å². The number of carbonyl (C=O) groups excluding carboxylic acids is 1. The van der Waals surface area contributed by atoms with Gasteiger partial charge in [-0.05, 0) is 68.1 Å². The smallest absolute Gasteiger partial charge is 0.223 e. The molecule has 1 amide bonds. The number of hydrogen-bond acceptors (Lipinski definition) is 3. The number of ether oxygens (including phenoxy) is 1. The molecule has 0 spiro atoms. The standard InChI is InChI=1S/C29H44N2O2/c1-7-30(8-2)20-12-13-24(3)31(28(32)21-29(4,5)6)22-25-16-18-27(19-17-25)33-23-26-14-10-9-11-15-26/h9-11,14-19,24H,7-8,12-13,20-23H2,1-6H3. The fourth-order valence-electron chi connectivity index (χ4n) is 3.98. The fraction of sp³-hybridized carbons (Fsp3) is 0.552. The molecular formula is C29H44N2O2. The van der Waals surface area contributed by atoms with Crippen molar-refractivity contribution >= 4 is 5.91 Å². The summed E-state index contributed by atoms with van der Waals surface area (Å²) in [4.78, 5) is 17.8. The number of hydrogen-bond donors (Lipinski definition) is 0. The fourth-order valence-corrected chi connectivity index (χ4v) is 3.98. The molecule has 2 aromatic rings. The van der Waals surface area contributed by atoms with Crippen LogP contribution in [0.4, 0.5) is 0 Å². The SMILES string of the molecule is CCN(CC)CCCC(C)N(Cc1ccc(OCc2ccccc2)cc1)C(=O)CC(C)(C)C. The second kappa shape index (κ2) is 13.4. The first-order valence-corrected chi connectivity index (χ1v) is 12.5. The van der Waals surface area contributed by atoms with E-state index in [0.29, 0.717) is 19.6 Å². The molecular weight excluding hydrogens is 408 g/mol. The van der Waals surface area contributed by atoms with Crippen molar-refractivity contribution in [1.29, 1.82) is 0 Å². The molecule has 2 rings (SSSR count). The third-order valence-electron chi connectivity index (χ3n) is 6.05. The van der Waals surface area contributed by atoms with Gasteiger partial charge >= 0.3 is 0 Å². The maximum absolute atomic E-state index is 13.2. The predicted molar refractivity (Wildman–Crippen MR) is 138 cm³/mol. The molecule has 0 N–H and O–H groups in total. The highest BCUT2D eigenvalue weighted by molar-refractivity contribution is 5.77. The molecule has 0 aliphatic heterocycles. The monoisotopic (exact) mass is 452 g/mol. The molecule has 1 unspecified atom stereocenters. The van der Waals surface area contributed by atoms with E-state index >= 15 is 0 Å². The van der Waals surface area contributed by atoms with Crippen LogP contribution in [0.3, 0.4) is 0 Å². The van der Waals surface area contributed by atoms with E-state index in [-0.39, 0.29) is 17.4 Å². The van der Waals surface area contributed by atoms with Crippen LogP contribution in [0, 0.1) is 5.41 Å². The molecule has 0 saturated carbocycles. The van der Waals surface area contributed by atoms with Crippen LogP contribution in [-0.2, 0) is 17.9 Å². The summed E-state index contributed by atoms with van der Waals surface area (Å²) in [5.74, 6) is 1.09. The van der Waals surface area contributed by atoms with Gasteiger partial charge in [0.25, 0.3) is 0 Å². The van der Waals surface area contributed by atoms with E-state index in [1.807, 2.05) is 30.3 Å². The Balaban J connectivity index is 2.01. The summed E-state index contributed by atoms with van der Waals surface area (Å²) in [6.45, 7) is 17.4. The Morgan fingerprint density at radius 2 is 1.58 bits per heavy atom. The topological polar surface area (TPSA) is 32.8 Å². The minimum atomic E-state index is -0.0224. The lowest BCUT2D eigenvalue weighted by Gasteiger charge is -2.32. The molecule has 0 bridgehead atoms. The van der Waals surface area contributed by atoms with E-state index in [9.17, 15) is 4.79 Å². The van der Waals surface area contributed by atoms with Gasteiger partial charge in [0.1, 0.15) is 12.4 Å². The predicted octanol–water partition coefficient (Wildman–Crippen LogP) is 6.54. The normalized spacial score (nSPS) is 12.6. The lowest BCUT2D eigenvalue weighted by atomic mass is 9.91. The van der Waals surface area contributed by atoms with Gasteiger partial charge in [0, 0.05) is 19.0 Å². The number of nitrogens with zero attached hydrogens (tertiary/aromatic N) is 2. The lowest BCUT2D eigenvalue weighted by Crippen LogP contribution is -2.40. The Bertz CT molecular complexity index is 808. The first kappa shape index (κ1) is 26.9. The molecule has 2 aromatic carbocycles. The van der Waals surface area contributed by atoms with E-state index in [0.717, 1.165) is 49.4 Å². The highest BCUT2D eigenvalue weighted by atomic mass is 16.5. The van der Waals surface area contributed by atoms with Crippen molar-refractivity contribution in [3.63, 3.8) is 0 Å². The van der Waals surface area contributed by atoms with Crippen LogP contribution in [0.15, 0.2) is 54.6 Å². The Kier molecular flexibility index (Phi) is 10.9. The summed E-state index contributed by atoms with van der Waals surface area (Å²) >= 11 is 0. The molecule has 1 atom stereocenters. The highest BCUT2D eigenvalue weighted by Crippen LogP contribution is 2.24. The molecule has 182 valence electrons. The summed E-state index contributed by atoms with van der Waals surface area (Å²) in [7, 11) is 0. The van der Waals surface area contributed by atoms with Crippen LogP contribution in [-0.4, -0.2) is 41.4 Å². The van der Waals surface area contributed by atoms with Crippen LogP contribution in [0.25, 0.3) is 0 Å². The Morgan fingerprint density at radius 3 is 2.15 bits per heavy atom. The van der Waals surface area contributed by atoms with Gasteiger partial charge < -0.3 is 14.5 Å². The van der Waals surface area contributed by atoms with Crippen molar-refractivity contribution in [2.24, 2.45) is 5.41 Å². The molecule has 0 fully saturated rings. The largest absolute Gasteiger partial charge is 0.489 e. The summed E-state index contributed by atoms with van der Waals surface area (Å²) < 4.78 is 5.92. The van der Waals surface area contributed by atoms with E-state index in [1.54, 1.807) is 0 Å². The molecule has 0 aromatic heterocycles. The molecule has 4 nitrogen and oxygen atoms in total. The quantitative estimate of drug-likeness (QED) is 0.346. The zero-order valence-corrected chi connectivity index (χ0v) is 21.6. The number of rotatable bonds is 13. The highest BCUT2D eigenvalue weighted by Gasteiger charge is 2.25. The third-order valence-corrected chi connectivity index (χ3v) is 6.05. The Labute approximate surface area is 201 Å². The summed E-state index contributed by atoms with van der Waals surface area (Å²) in [5, 5.41) is 0. The zero-order valence-electron chi connectivity index (χ0n) is 21.6. The average molecular weight is 453 g/mol. The van der Waals surface area contributed by atoms with E-state index in [2.05, 4.69) is 75.6 Å². The van der Waals surface area contributed by atoms with Crippen LogP contribution in [0.5, 0.6) is 5.75 Å². The second-order valence-electron chi connectivity index (χ2n) is 10.2. The van der Waals surface area contributed by atoms with Crippen molar-refractivity contribution in [3.8, 4) is 5.75 Å². The van der Waals surface area contributed by atoms with Gasteiger partial charge in [-0.2, -0.15) is 0 Å². The van der Waals surface area contributed by atoms with Gasteiger partial charge in [-0.1, -0.05) is 77.1 Å². The van der Waals surface area contributed by atoms with Gasteiger partial charge in [-0.25, -0.2) is 0 Å². The molecule has 33 heavy (non-hydrogen) atoms. The zero-order chi connectivity index (χ0) is 24.3. The molecule has 0 aliphatic rings. The number of carbonyl (C=O) groups is 1. The van der Waals surface area contributed by atoms with Gasteiger partial charge in [-0.3, -0.25) is 4.79 Å². The summed E-state index contributed by atoms with van der Waals surface area (Å²) in [5.41, 5.74) is 2.27. The number of benzene rings is 2. The van der Waals surface area contributed by atoms with Crippen LogP contribution < -0.4 is 4.74 Å². The van der Waals surface area contributed by atoms with Crippen molar-refractivity contribution in [2.45, 2.75) is 80.0 Å². The average Bonchev–Trinajstić information content (AvgIpc) is 2.79. The van der Waals surface area contributed by atoms with Gasteiger partial charge in [0.2, 0.25) is 5.91 Å².